The van der Waals surface area contributed by atoms with Crippen molar-refractivity contribution in [2.75, 3.05) is 24.7 Å². The fourth-order valence-corrected chi connectivity index (χ4v) is 1.65. The van der Waals surface area contributed by atoms with Crippen LogP contribution >= 0.6 is 0 Å². The van der Waals surface area contributed by atoms with Crippen molar-refractivity contribution in [1.29, 1.82) is 0 Å². The number of carbonyl (C=O) groups excluding carboxylic acids is 1. The van der Waals surface area contributed by atoms with Crippen molar-refractivity contribution in [1.82, 2.24) is 0 Å². The summed E-state index contributed by atoms with van der Waals surface area (Å²) < 4.78 is 5.15. The van der Waals surface area contributed by atoms with Crippen LogP contribution < -0.4 is 4.90 Å². The van der Waals surface area contributed by atoms with Crippen LogP contribution in [0.5, 0.6) is 0 Å². The van der Waals surface area contributed by atoms with Gasteiger partial charge in [-0.2, -0.15) is 0 Å². The van der Waals surface area contributed by atoms with Crippen LogP contribution in [-0.4, -0.2) is 36.7 Å². The highest BCUT2D eigenvalue weighted by Gasteiger charge is 2.16. The van der Waals surface area contributed by atoms with Crippen LogP contribution in [0.25, 0.3) is 0 Å². The van der Waals surface area contributed by atoms with Gasteiger partial charge in [0.15, 0.2) is 0 Å². The molecule has 1 N–H and O–H groups in total. The van der Waals surface area contributed by atoms with Gasteiger partial charge in [-0.25, -0.2) is 0 Å². The van der Waals surface area contributed by atoms with Crippen LogP contribution in [0, 0.1) is 0 Å². The lowest BCUT2D eigenvalue weighted by atomic mass is 10.2. The number of aliphatic carboxylic acids is 1. The number of rotatable bonds is 8. The molecule has 0 bridgehead atoms. The Morgan fingerprint density at radius 1 is 1.21 bits per heavy atom. The Bertz CT molecular complexity index is 405. The zero-order chi connectivity index (χ0) is 14.1. The zero-order valence-corrected chi connectivity index (χ0v) is 11.0. The van der Waals surface area contributed by atoms with E-state index in [0.29, 0.717) is 18.9 Å². The largest absolute Gasteiger partial charge is 0.481 e. The topological polar surface area (TPSA) is 66.8 Å². The first kappa shape index (κ1) is 15.2. The number of carbonyl (C=O) groups is 2. The number of carboxylic acid groups (broad SMARTS) is 1. The molecule has 0 fully saturated rings. The standard InChI is InChI=1S/C14H19NO4/c1-2-19-11-9-13(16)15(10-8-14(17)18)12-6-4-3-5-7-12/h3-7H,2,8-11H2,1H3,(H,17,18). The Hall–Kier alpha value is -1.88. The van der Waals surface area contributed by atoms with E-state index in [9.17, 15) is 9.59 Å². The molecule has 1 aromatic rings. The van der Waals surface area contributed by atoms with Gasteiger partial charge >= 0.3 is 5.97 Å². The number of nitrogens with zero attached hydrogens (tertiary/aromatic N) is 1. The average Bonchev–Trinajstić information content (AvgIpc) is 2.40. The van der Waals surface area contributed by atoms with E-state index in [1.54, 1.807) is 12.1 Å². The zero-order valence-electron chi connectivity index (χ0n) is 11.0. The number of para-hydroxylation sites is 1. The molecule has 1 amide bonds. The van der Waals surface area contributed by atoms with Crippen molar-refractivity contribution in [2.45, 2.75) is 19.8 Å². The van der Waals surface area contributed by atoms with Gasteiger partial charge in [-0.1, -0.05) is 18.2 Å². The van der Waals surface area contributed by atoms with Crippen molar-refractivity contribution in [2.24, 2.45) is 0 Å². The molecule has 0 aromatic heterocycles. The minimum Gasteiger partial charge on any atom is -0.481 e. The van der Waals surface area contributed by atoms with Crippen LogP contribution in [0.2, 0.25) is 0 Å². The summed E-state index contributed by atoms with van der Waals surface area (Å²) in [5, 5.41) is 8.74. The predicted octanol–water partition coefficient (Wildman–Crippen LogP) is 1.92. The predicted molar refractivity (Wildman–Crippen MR) is 72.2 cm³/mol. The van der Waals surface area contributed by atoms with Crippen LogP contribution in [-0.2, 0) is 14.3 Å². The summed E-state index contributed by atoms with van der Waals surface area (Å²) in [7, 11) is 0. The summed E-state index contributed by atoms with van der Waals surface area (Å²) in [6, 6.07) is 9.07. The minimum atomic E-state index is -0.918. The fourth-order valence-electron chi connectivity index (χ4n) is 1.65. The molecule has 0 saturated heterocycles. The molecule has 0 aliphatic carbocycles. The molecule has 5 heteroatoms. The number of anilines is 1. The highest BCUT2D eigenvalue weighted by molar-refractivity contribution is 5.93. The molecule has 0 aliphatic heterocycles. The molecule has 0 aliphatic rings. The van der Waals surface area contributed by atoms with Gasteiger partial charge in [-0.15, -0.1) is 0 Å². The molecular formula is C14H19NO4. The molecule has 0 unspecified atom stereocenters. The Labute approximate surface area is 112 Å². The number of amides is 1. The number of hydrogen-bond acceptors (Lipinski definition) is 3. The third-order valence-corrected chi connectivity index (χ3v) is 2.58. The monoisotopic (exact) mass is 265 g/mol. The molecule has 5 nitrogen and oxygen atoms in total. The van der Waals surface area contributed by atoms with E-state index in [1.165, 1.54) is 4.90 Å². The maximum atomic E-state index is 12.1. The van der Waals surface area contributed by atoms with Gasteiger partial charge in [-0.05, 0) is 19.1 Å². The van der Waals surface area contributed by atoms with Gasteiger partial charge in [0.1, 0.15) is 0 Å². The highest BCUT2D eigenvalue weighted by Crippen LogP contribution is 2.15. The quantitative estimate of drug-likeness (QED) is 0.729. The maximum Gasteiger partial charge on any atom is 0.305 e. The summed E-state index contributed by atoms with van der Waals surface area (Å²) >= 11 is 0. The maximum absolute atomic E-state index is 12.1. The minimum absolute atomic E-state index is 0.0741. The molecule has 0 saturated carbocycles. The van der Waals surface area contributed by atoms with Gasteiger partial charge < -0.3 is 14.7 Å². The molecule has 19 heavy (non-hydrogen) atoms. The normalized spacial score (nSPS) is 10.2. The second-order valence-corrected chi connectivity index (χ2v) is 3.97. The molecule has 1 aromatic carbocycles. The van der Waals surface area contributed by atoms with E-state index < -0.39 is 5.97 Å². The molecule has 0 radical (unpaired) electrons. The van der Waals surface area contributed by atoms with Gasteiger partial charge in [0.05, 0.1) is 19.4 Å². The van der Waals surface area contributed by atoms with Crippen LogP contribution in [0.3, 0.4) is 0 Å². The third-order valence-electron chi connectivity index (χ3n) is 2.58. The van der Waals surface area contributed by atoms with E-state index >= 15 is 0 Å². The summed E-state index contributed by atoms with van der Waals surface area (Å²) in [5.41, 5.74) is 0.713. The first-order valence-corrected chi connectivity index (χ1v) is 6.30. The average molecular weight is 265 g/mol. The summed E-state index contributed by atoms with van der Waals surface area (Å²) in [6.45, 7) is 2.95. The van der Waals surface area contributed by atoms with E-state index in [4.69, 9.17) is 9.84 Å². The van der Waals surface area contributed by atoms with Crippen molar-refractivity contribution < 1.29 is 19.4 Å². The molecule has 1 rings (SSSR count). The number of hydrogen-bond donors (Lipinski definition) is 1. The Kier molecular flexibility index (Phi) is 6.60. The lowest BCUT2D eigenvalue weighted by Gasteiger charge is -2.22. The van der Waals surface area contributed by atoms with Crippen molar-refractivity contribution in [3.63, 3.8) is 0 Å². The summed E-state index contributed by atoms with van der Waals surface area (Å²) in [5.74, 6) is -1.04. The van der Waals surface area contributed by atoms with Gasteiger partial charge in [0, 0.05) is 18.8 Å². The van der Waals surface area contributed by atoms with Gasteiger partial charge in [0.2, 0.25) is 5.91 Å². The lowest BCUT2D eigenvalue weighted by molar-refractivity contribution is -0.136. The number of benzene rings is 1. The third kappa shape index (κ3) is 5.52. The second-order valence-electron chi connectivity index (χ2n) is 3.97. The van der Waals surface area contributed by atoms with Crippen molar-refractivity contribution in [3.8, 4) is 0 Å². The SMILES string of the molecule is CCOCCC(=O)N(CCC(=O)O)c1ccccc1. The first-order valence-electron chi connectivity index (χ1n) is 6.30. The van der Waals surface area contributed by atoms with Crippen molar-refractivity contribution >= 4 is 17.6 Å². The van der Waals surface area contributed by atoms with Crippen molar-refractivity contribution in [3.05, 3.63) is 30.3 Å². The van der Waals surface area contributed by atoms with Crippen LogP contribution in [0.1, 0.15) is 19.8 Å². The summed E-state index contributed by atoms with van der Waals surface area (Å²) in [6.07, 6.45) is 0.178. The Morgan fingerprint density at radius 2 is 1.89 bits per heavy atom. The van der Waals surface area contributed by atoms with Crippen LogP contribution in [0.15, 0.2) is 30.3 Å². The van der Waals surface area contributed by atoms with E-state index in [0.717, 1.165) is 0 Å². The van der Waals surface area contributed by atoms with E-state index in [2.05, 4.69) is 0 Å². The van der Waals surface area contributed by atoms with E-state index in [1.807, 2.05) is 25.1 Å². The molecule has 0 spiro atoms. The fraction of sp³-hybridized carbons (Fsp3) is 0.429. The van der Waals surface area contributed by atoms with Gasteiger partial charge in [-0.3, -0.25) is 9.59 Å². The van der Waals surface area contributed by atoms with Gasteiger partial charge in [0.25, 0.3) is 0 Å². The highest BCUT2D eigenvalue weighted by atomic mass is 16.5. The summed E-state index contributed by atoms with van der Waals surface area (Å²) in [4.78, 5) is 24.2. The molecule has 0 heterocycles. The molecule has 104 valence electrons. The molecule has 0 atom stereocenters. The number of ether oxygens (including phenoxy) is 1. The lowest BCUT2D eigenvalue weighted by Crippen LogP contribution is -2.33. The molecular weight excluding hydrogens is 246 g/mol. The second kappa shape index (κ2) is 8.26. The Morgan fingerprint density at radius 3 is 2.47 bits per heavy atom. The smallest absolute Gasteiger partial charge is 0.305 e. The first-order chi connectivity index (χ1) is 9.15. The van der Waals surface area contributed by atoms with Crippen LogP contribution in [0.4, 0.5) is 5.69 Å². The Balaban J connectivity index is 2.69. The van der Waals surface area contributed by atoms with E-state index in [-0.39, 0.29) is 25.3 Å². The number of carboxylic acids is 1.